The molecule has 0 unspecified atom stereocenters. The molecule has 0 aromatic carbocycles. The molecule has 3 aromatic heterocycles. The molecule has 4 rings (SSSR count). The number of carbonyl (C=O) groups excluding carboxylic acids is 1. The van der Waals surface area contributed by atoms with Gasteiger partial charge in [-0.1, -0.05) is 30.7 Å². The maximum absolute atomic E-state index is 12.5. The largest absolute Gasteiger partial charge is 0.350 e. The monoisotopic (exact) mass is 412 g/mol. The molecular formula is C20H24N6O2S. The van der Waals surface area contributed by atoms with Gasteiger partial charge < -0.3 is 10.2 Å². The second-order valence-corrected chi connectivity index (χ2v) is 8.15. The summed E-state index contributed by atoms with van der Waals surface area (Å²) in [5.74, 6) is 0.0584. The number of anilines is 1. The Balaban J connectivity index is 1.37. The Labute approximate surface area is 172 Å². The molecule has 0 atom stereocenters. The molecule has 1 aliphatic heterocycles. The number of aromatic nitrogens is 4. The maximum atomic E-state index is 12.5. The lowest BCUT2D eigenvalue weighted by atomic mass is 9.96. The van der Waals surface area contributed by atoms with Gasteiger partial charge in [0.05, 0.1) is 12.2 Å². The van der Waals surface area contributed by atoms with Crippen molar-refractivity contribution < 1.29 is 4.79 Å². The number of nitrogens with one attached hydrogen (secondary N) is 1. The number of nitrogens with zero attached hydrogens (tertiary/aromatic N) is 5. The van der Waals surface area contributed by atoms with Crippen molar-refractivity contribution in [2.45, 2.75) is 39.2 Å². The van der Waals surface area contributed by atoms with Gasteiger partial charge in [-0.25, -0.2) is 4.98 Å². The first-order chi connectivity index (χ1) is 14.1. The summed E-state index contributed by atoms with van der Waals surface area (Å²) in [6, 6.07) is 7.24. The minimum atomic E-state index is -0.135. The van der Waals surface area contributed by atoms with Crippen molar-refractivity contribution in [3.05, 3.63) is 52.2 Å². The molecule has 0 radical (unpaired) electrons. The van der Waals surface area contributed by atoms with E-state index in [4.69, 9.17) is 0 Å². The molecule has 0 bridgehead atoms. The number of pyridine rings is 1. The van der Waals surface area contributed by atoms with Gasteiger partial charge in [0.2, 0.25) is 16.0 Å². The summed E-state index contributed by atoms with van der Waals surface area (Å²) in [6.07, 6.45) is 4.98. The van der Waals surface area contributed by atoms with E-state index < -0.39 is 0 Å². The van der Waals surface area contributed by atoms with Gasteiger partial charge >= 0.3 is 0 Å². The van der Waals surface area contributed by atoms with Gasteiger partial charge in [0, 0.05) is 37.0 Å². The third kappa shape index (κ3) is 4.45. The third-order valence-electron chi connectivity index (χ3n) is 5.10. The number of carbonyl (C=O) groups is 1. The van der Waals surface area contributed by atoms with E-state index in [1.54, 1.807) is 12.3 Å². The Morgan fingerprint density at radius 2 is 2.10 bits per heavy atom. The van der Waals surface area contributed by atoms with E-state index in [0.29, 0.717) is 11.5 Å². The first-order valence-corrected chi connectivity index (χ1v) is 10.8. The molecule has 1 N–H and O–H groups in total. The molecule has 1 amide bonds. The predicted molar refractivity (Wildman–Crippen MR) is 112 cm³/mol. The zero-order chi connectivity index (χ0) is 20.2. The lowest BCUT2D eigenvalue weighted by Gasteiger charge is -2.30. The van der Waals surface area contributed by atoms with Crippen LogP contribution in [-0.2, 0) is 17.8 Å². The first kappa shape index (κ1) is 19.5. The van der Waals surface area contributed by atoms with Crippen LogP contribution in [0.4, 0.5) is 5.13 Å². The van der Waals surface area contributed by atoms with Crippen LogP contribution in [0.3, 0.4) is 0 Å². The molecule has 1 saturated heterocycles. The number of rotatable bonds is 6. The van der Waals surface area contributed by atoms with Gasteiger partial charge in [-0.3, -0.25) is 14.6 Å². The van der Waals surface area contributed by atoms with E-state index in [9.17, 15) is 9.59 Å². The van der Waals surface area contributed by atoms with Crippen molar-refractivity contribution in [2.75, 3.05) is 18.0 Å². The van der Waals surface area contributed by atoms with Gasteiger partial charge in [-0.15, -0.1) is 5.10 Å². The fraction of sp³-hybridized carbons (Fsp3) is 0.450. The van der Waals surface area contributed by atoms with E-state index in [1.165, 1.54) is 15.9 Å². The molecule has 0 saturated carbocycles. The highest BCUT2D eigenvalue weighted by molar-refractivity contribution is 7.20. The zero-order valence-electron chi connectivity index (χ0n) is 16.4. The topological polar surface area (TPSA) is 92.5 Å². The molecule has 9 heteroatoms. The van der Waals surface area contributed by atoms with E-state index in [0.717, 1.165) is 55.3 Å². The second-order valence-electron chi connectivity index (χ2n) is 7.21. The molecule has 0 aliphatic carbocycles. The summed E-state index contributed by atoms with van der Waals surface area (Å²) in [7, 11) is 0. The Morgan fingerprint density at radius 1 is 1.28 bits per heavy atom. The molecule has 1 fully saturated rings. The summed E-state index contributed by atoms with van der Waals surface area (Å²) in [5, 5.41) is 8.23. The zero-order valence-corrected chi connectivity index (χ0v) is 17.2. The van der Waals surface area contributed by atoms with Crippen LogP contribution >= 0.6 is 11.3 Å². The molecule has 152 valence electrons. The molecule has 0 spiro atoms. The summed E-state index contributed by atoms with van der Waals surface area (Å²) >= 11 is 1.43. The number of hydrogen-bond acceptors (Lipinski definition) is 7. The van der Waals surface area contributed by atoms with Crippen LogP contribution in [0.2, 0.25) is 0 Å². The lowest BCUT2D eigenvalue weighted by molar-refractivity contribution is -0.125. The number of hydrogen-bond donors (Lipinski definition) is 1. The standard InChI is InChI=1S/C20H24N6O2S/c1-2-5-15-12-17(27)26-19(23-15)29-20(24-26)25-10-7-14(8-11-25)18(28)22-13-16-6-3-4-9-21-16/h3-4,6,9,12,14H,2,5,7-8,10-11,13H2,1H3,(H,22,28). The highest BCUT2D eigenvalue weighted by atomic mass is 32.1. The Hall–Kier alpha value is -2.81. The van der Waals surface area contributed by atoms with Crippen molar-refractivity contribution in [1.29, 1.82) is 0 Å². The Kier molecular flexibility index (Phi) is 5.84. The fourth-order valence-electron chi connectivity index (χ4n) is 3.52. The van der Waals surface area contributed by atoms with E-state index in [2.05, 4.69) is 32.2 Å². The normalized spacial score (nSPS) is 15.0. The van der Waals surface area contributed by atoms with Gasteiger partial charge in [0.15, 0.2) is 0 Å². The minimum Gasteiger partial charge on any atom is -0.350 e. The second kappa shape index (κ2) is 8.69. The van der Waals surface area contributed by atoms with E-state index in [-0.39, 0.29) is 17.4 Å². The van der Waals surface area contributed by atoms with Gasteiger partial charge in [0.1, 0.15) is 0 Å². The predicted octanol–water partition coefficient (Wildman–Crippen LogP) is 2.03. The summed E-state index contributed by atoms with van der Waals surface area (Å²) in [4.78, 5) is 36.3. The van der Waals surface area contributed by atoms with Crippen LogP contribution in [0.15, 0.2) is 35.3 Å². The quantitative estimate of drug-likeness (QED) is 0.666. The van der Waals surface area contributed by atoms with Crippen LogP contribution in [0.25, 0.3) is 4.96 Å². The van der Waals surface area contributed by atoms with Crippen molar-refractivity contribution in [2.24, 2.45) is 5.92 Å². The average Bonchev–Trinajstić information content (AvgIpc) is 3.18. The molecule has 29 heavy (non-hydrogen) atoms. The van der Waals surface area contributed by atoms with Gasteiger partial charge in [0.25, 0.3) is 5.56 Å². The smallest absolute Gasteiger partial charge is 0.275 e. The van der Waals surface area contributed by atoms with Crippen molar-refractivity contribution >= 4 is 27.3 Å². The molecule has 1 aliphatic rings. The van der Waals surface area contributed by atoms with Crippen LogP contribution in [0.1, 0.15) is 37.6 Å². The fourth-order valence-corrected chi connectivity index (χ4v) is 4.49. The van der Waals surface area contributed by atoms with Gasteiger partial charge in [-0.2, -0.15) is 4.52 Å². The Morgan fingerprint density at radius 3 is 2.83 bits per heavy atom. The van der Waals surface area contributed by atoms with Crippen molar-refractivity contribution in [3.63, 3.8) is 0 Å². The highest BCUT2D eigenvalue weighted by Crippen LogP contribution is 2.27. The highest BCUT2D eigenvalue weighted by Gasteiger charge is 2.26. The van der Waals surface area contributed by atoms with E-state index >= 15 is 0 Å². The van der Waals surface area contributed by atoms with Crippen molar-refractivity contribution in [1.82, 2.24) is 24.9 Å². The SMILES string of the molecule is CCCc1cc(=O)n2nc(N3CCC(C(=O)NCc4ccccn4)CC3)sc2n1. The summed E-state index contributed by atoms with van der Waals surface area (Å²) in [6.45, 7) is 3.99. The number of fused-ring (bicyclic) bond motifs is 1. The van der Waals surface area contributed by atoms with Crippen LogP contribution in [0.5, 0.6) is 0 Å². The number of amides is 1. The Bertz CT molecular complexity index is 1040. The summed E-state index contributed by atoms with van der Waals surface area (Å²) < 4.78 is 1.38. The number of aryl methyl sites for hydroxylation is 1. The van der Waals surface area contributed by atoms with Crippen molar-refractivity contribution in [3.8, 4) is 0 Å². The maximum Gasteiger partial charge on any atom is 0.275 e. The first-order valence-electron chi connectivity index (χ1n) is 9.96. The van der Waals surface area contributed by atoms with Crippen LogP contribution in [-0.4, -0.2) is 38.6 Å². The average molecular weight is 413 g/mol. The molecule has 3 aromatic rings. The molecular weight excluding hydrogens is 388 g/mol. The summed E-state index contributed by atoms with van der Waals surface area (Å²) in [5.41, 5.74) is 1.54. The van der Waals surface area contributed by atoms with Gasteiger partial charge in [-0.05, 0) is 31.4 Å². The number of piperidine rings is 1. The third-order valence-corrected chi connectivity index (χ3v) is 6.07. The van der Waals surface area contributed by atoms with Crippen LogP contribution in [0, 0.1) is 5.92 Å². The van der Waals surface area contributed by atoms with E-state index in [1.807, 2.05) is 18.2 Å². The van der Waals surface area contributed by atoms with Crippen LogP contribution < -0.4 is 15.8 Å². The molecule has 8 nitrogen and oxygen atoms in total. The minimum absolute atomic E-state index is 0.0126. The lowest BCUT2D eigenvalue weighted by Crippen LogP contribution is -2.40. The molecule has 4 heterocycles.